The third-order valence-electron chi connectivity index (χ3n) is 6.07. The maximum atomic E-state index is 13.2. The highest BCUT2D eigenvalue weighted by Gasteiger charge is 2.68. The molecular weight excluding hydrogens is 368 g/mol. The number of rotatable bonds is 11. The lowest BCUT2D eigenvalue weighted by molar-refractivity contribution is -0.180. The van der Waals surface area contributed by atoms with Crippen LogP contribution in [0.2, 0.25) is 0 Å². The van der Waals surface area contributed by atoms with Gasteiger partial charge >= 0.3 is 11.9 Å². The van der Waals surface area contributed by atoms with Gasteiger partial charge in [-0.1, -0.05) is 5.57 Å². The predicted octanol–water partition coefficient (Wildman–Crippen LogP) is 2.21. The van der Waals surface area contributed by atoms with E-state index in [1.807, 2.05) is 19.9 Å². The predicted molar refractivity (Wildman–Crippen MR) is 99.2 cm³/mol. The SMILES string of the molecule is COCOC[C@]12CCC(C)=C[C@H]1OC(=O)[C@]2(C)[C@@H](CCC(=O)OC)OCOC. The number of carbonyl (C=O) groups excluding carboxylic acids is 2. The van der Waals surface area contributed by atoms with E-state index in [0.717, 1.165) is 6.42 Å². The molecule has 0 aromatic rings. The molecule has 0 N–H and O–H groups in total. The van der Waals surface area contributed by atoms with E-state index in [9.17, 15) is 9.59 Å². The molecule has 0 aromatic heterocycles. The fraction of sp³-hybridized carbons (Fsp3) is 0.800. The van der Waals surface area contributed by atoms with Crippen molar-refractivity contribution < 1.29 is 38.0 Å². The lowest BCUT2D eigenvalue weighted by Gasteiger charge is -2.47. The standard InChI is InChI=1S/C20H32O8/c1-14-8-9-20(11-26-12-23-3)16(10-14)28-18(22)19(20,2)15(27-13-24-4)6-7-17(21)25-5/h10,15-16H,6-9,11-13H2,1-5H3/t15-,16-,19+,20-/m1/s1. The van der Waals surface area contributed by atoms with E-state index in [1.54, 1.807) is 7.11 Å². The molecule has 1 saturated heterocycles. The molecule has 28 heavy (non-hydrogen) atoms. The second-order valence-electron chi connectivity index (χ2n) is 7.63. The summed E-state index contributed by atoms with van der Waals surface area (Å²) >= 11 is 0. The molecule has 0 spiro atoms. The fourth-order valence-electron chi connectivity index (χ4n) is 4.31. The molecule has 2 rings (SSSR count). The van der Waals surface area contributed by atoms with Gasteiger partial charge in [-0.05, 0) is 39.2 Å². The van der Waals surface area contributed by atoms with Gasteiger partial charge in [0, 0.05) is 20.6 Å². The van der Waals surface area contributed by atoms with Gasteiger partial charge in [-0.3, -0.25) is 9.59 Å². The summed E-state index contributed by atoms with van der Waals surface area (Å²) in [5.74, 6) is -0.711. The van der Waals surface area contributed by atoms with Gasteiger partial charge in [0.25, 0.3) is 0 Å². The van der Waals surface area contributed by atoms with Gasteiger partial charge in [0.1, 0.15) is 25.1 Å². The Balaban J connectivity index is 2.40. The van der Waals surface area contributed by atoms with Crippen LogP contribution in [0, 0.1) is 10.8 Å². The monoisotopic (exact) mass is 400 g/mol. The summed E-state index contributed by atoms with van der Waals surface area (Å²) in [7, 11) is 4.40. The van der Waals surface area contributed by atoms with Gasteiger partial charge < -0.3 is 28.4 Å². The number of hydrogen-bond acceptors (Lipinski definition) is 8. The van der Waals surface area contributed by atoms with Gasteiger partial charge in [-0.25, -0.2) is 0 Å². The zero-order valence-electron chi connectivity index (χ0n) is 17.4. The average Bonchev–Trinajstić information content (AvgIpc) is 2.89. The second kappa shape index (κ2) is 9.82. The first-order chi connectivity index (χ1) is 13.4. The Bertz CT molecular complexity index is 589. The Kier molecular flexibility index (Phi) is 8.00. The summed E-state index contributed by atoms with van der Waals surface area (Å²) in [6, 6.07) is 0. The Morgan fingerprint density at radius 1 is 1.29 bits per heavy atom. The van der Waals surface area contributed by atoms with Crippen molar-refractivity contribution in [3.8, 4) is 0 Å². The highest BCUT2D eigenvalue weighted by atomic mass is 16.7. The van der Waals surface area contributed by atoms with E-state index >= 15 is 0 Å². The van der Waals surface area contributed by atoms with Crippen molar-refractivity contribution in [1.29, 1.82) is 0 Å². The largest absolute Gasteiger partial charge is 0.469 e. The van der Waals surface area contributed by atoms with Crippen molar-refractivity contribution in [1.82, 2.24) is 0 Å². The van der Waals surface area contributed by atoms with Crippen LogP contribution >= 0.6 is 0 Å². The average molecular weight is 400 g/mol. The van der Waals surface area contributed by atoms with Crippen molar-refractivity contribution in [3.05, 3.63) is 11.6 Å². The van der Waals surface area contributed by atoms with E-state index < -0.39 is 23.0 Å². The van der Waals surface area contributed by atoms with Crippen molar-refractivity contribution in [2.45, 2.75) is 51.7 Å². The molecule has 8 heteroatoms. The number of methoxy groups -OCH3 is 3. The molecular formula is C20H32O8. The fourth-order valence-corrected chi connectivity index (χ4v) is 4.31. The maximum absolute atomic E-state index is 13.2. The number of allylic oxidation sites excluding steroid dienone is 1. The molecule has 8 nitrogen and oxygen atoms in total. The van der Waals surface area contributed by atoms with Crippen LogP contribution in [0.5, 0.6) is 0 Å². The summed E-state index contributed by atoms with van der Waals surface area (Å²) < 4.78 is 32.3. The Hall–Kier alpha value is -1.48. The first-order valence-corrected chi connectivity index (χ1v) is 9.48. The van der Waals surface area contributed by atoms with E-state index in [4.69, 9.17) is 28.4 Å². The molecule has 2 aliphatic rings. The van der Waals surface area contributed by atoms with Crippen LogP contribution in [0.15, 0.2) is 11.6 Å². The van der Waals surface area contributed by atoms with Crippen LogP contribution in [0.4, 0.5) is 0 Å². The summed E-state index contributed by atoms with van der Waals surface area (Å²) in [5.41, 5.74) is -0.473. The third kappa shape index (κ3) is 4.25. The molecule has 0 aromatic carbocycles. The molecule has 1 aliphatic heterocycles. The highest BCUT2D eigenvalue weighted by Crippen LogP contribution is 2.59. The molecule has 1 heterocycles. The Morgan fingerprint density at radius 3 is 2.64 bits per heavy atom. The van der Waals surface area contributed by atoms with E-state index in [1.165, 1.54) is 19.8 Å². The van der Waals surface area contributed by atoms with Crippen LogP contribution < -0.4 is 0 Å². The number of esters is 2. The van der Waals surface area contributed by atoms with Crippen LogP contribution in [-0.2, 0) is 38.0 Å². The van der Waals surface area contributed by atoms with Crippen molar-refractivity contribution in [2.24, 2.45) is 10.8 Å². The quantitative estimate of drug-likeness (QED) is 0.226. The minimum atomic E-state index is -1.02. The van der Waals surface area contributed by atoms with Gasteiger partial charge in [-0.15, -0.1) is 0 Å². The molecule has 0 radical (unpaired) electrons. The van der Waals surface area contributed by atoms with E-state index in [2.05, 4.69) is 0 Å². The molecule has 0 amide bonds. The Labute approximate surface area is 166 Å². The highest BCUT2D eigenvalue weighted by molar-refractivity contribution is 5.82. The van der Waals surface area contributed by atoms with Crippen LogP contribution in [0.25, 0.3) is 0 Å². The van der Waals surface area contributed by atoms with Crippen molar-refractivity contribution >= 4 is 11.9 Å². The molecule has 1 aliphatic carbocycles. The topological polar surface area (TPSA) is 89.5 Å². The van der Waals surface area contributed by atoms with Gasteiger partial charge in [0.05, 0.1) is 25.2 Å². The number of fused-ring (bicyclic) bond motifs is 1. The van der Waals surface area contributed by atoms with Gasteiger partial charge in [0.15, 0.2) is 0 Å². The molecule has 1 fully saturated rings. The lowest BCUT2D eigenvalue weighted by atomic mass is 9.56. The van der Waals surface area contributed by atoms with E-state index in [-0.39, 0.29) is 38.6 Å². The zero-order valence-corrected chi connectivity index (χ0v) is 17.4. The van der Waals surface area contributed by atoms with Crippen molar-refractivity contribution in [3.63, 3.8) is 0 Å². The molecule has 0 saturated carbocycles. The van der Waals surface area contributed by atoms with Gasteiger partial charge in [0.2, 0.25) is 0 Å². The summed E-state index contributed by atoms with van der Waals surface area (Å²) in [5, 5.41) is 0. The number of carbonyl (C=O) groups is 2. The first kappa shape index (κ1) is 22.8. The summed E-state index contributed by atoms with van der Waals surface area (Å²) in [6.45, 7) is 4.27. The molecule has 4 atom stereocenters. The minimum absolute atomic E-state index is 0.00323. The second-order valence-corrected chi connectivity index (χ2v) is 7.63. The smallest absolute Gasteiger partial charge is 0.315 e. The van der Waals surface area contributed by atoms with Gasteiger partial charge in [-0.2, -0.15) is 0 Å². The summed E-state index contributed by atoms with van der Waals surface area (Å²) in [4.78, 5) is 24.9. The number of ether oxygens (including phenoxy) is 6. The maximum Gasteiger partial charge on any atom is 0.315 e. The third-order valence-corrected chi connectivity index (χ3v) is 6.07. The van der Waals surface area contributed by atoms with E-state index in [0.29, 0.717) is 12.8 Å². The normalized spacial score (nSPS) is 30.4. The van der Waals surface area contributed by atoms with Crippen molar-refractivity contribution in [2.75, 3.05) is 41.5 Å². The van der Waals surface area contributed by atoms with Crippen LogP contribution in [0.1, 0.15) is 39.5 Å². The van der Waals surface area contributed by atoms with Crippen LogP contribution in [0.3, 0.4) is 0 Å². The summed E-state index contributed by atoms with van der Waals surface area (Å²) in [6.07, 6.45) is 2.95. The Morgan fingerprint density at radius 2 is 2.00 bits per heavy atom. The minimum Gasteiger partial charge on any atom is -0.469 e. The molecule has 160 valence electrons. The number of hydrogen-bond donors (Lipinski definition) is 0. The molecule has 0 bridgehead atoms. The molecule has 0 unspecified atom stereocenters. The van der Waals surface area contributed by atoms with Crippen LogP contribution in [-0.4, -0.2) is 65.7 Å². The first-order valence-electron chi connectivity index (χ1n) is 9.48. The zero-order chi connectivity index (χ0) is 20.8. The lowest BCUT2D eigenvalue weighted by Crippen LogP contribution is -2.55.